The Kier molecular flexibility index (Phi) is 3.89. The van der Waals surface area contributed by atoms with Crippen LogP contribution in [0.4, 0.5) is 0 Å². The molecule has 0 aliphatic carbocycles. The molecule has 2 atom stereocenters. The molecular weight excluding hydrogens is 286 g/mol. The number of carbonyl (C=O) groups is 1. The molecule has 0 bridgehead atoms. The Balaban J connectivity index is 1.96. The number of hydrogen-bond donors (Lipinski definition) is 1. The van der Waals surface area contributed by atoms with Crippen molar-refractivity contribution in [1.82, 2.24) is 4.90 Å². The summed E-state index contributed by atoms with van der Waals surface area (Å²) in [5.74, 6) is 0.0441. The molecule has 94 valence electrons. The van der Waals surface area contributed by atoms with E-state index in [1.54, 1.807) is 6.26 Å². The van der Waals surface area contributed by atoms with Gasteiger partial charge in [0.25, 0.3) is 0 Å². The number of likely N-dealkylation sites (tertiary alicyclic amines) is 1. The minimum atomic E-state index is -0.671. The van der Waals surface area contributed by atoms with Crippen molar-refractivity contribution in [3.8, 4) is 0 Å². The summed E-state index contributed by atoms with van der Waals surface area (Å²) in [6.45, 7) is 3.62. The number of carboxylic acid groups (broad SMARTS) is 1. The molecule has 0 saturated carbocycles. The molecule has 1 aromatic heterocycles. The summed E-state index contributed by atoms with van der Waals surface area (Å²) in [6.07, 6.45) is 3.10. The molecule has 2 rings (SSSR count). The monoisotopic (exact) mass is 301 g/mol. The number of carboxylic acids is 1. The van der Waals surface area contributed by atoms with Crippen LogP contribution in [-0.2, 0) is 11.3 Å². The molecule has 0 spiro atoms. The first kappa shape index (κ1) is 12.6. The van der Waals surface area contributed by atoms with Crippen molar-refractivity contribution < 1.29 is 14.3 Å². The third-order valence-corrected chi connectivity index (χ3v) is 4.11. The van der Waals surface area contributed by atoms with Crippen molar-refractivity contribution >= 4 is 21.9 Å². The van der Waals surface area contributed by atoms with Crippen LogP contribution < -0.4 is 0 Å². The average Bonchev–Trinajstić information content (AvgIpc) is 2.67. The fourth-order valence-corrected chi connectivity index (χ4v) is 2.63. The van der Waals surface area contributed by atoms with Gasteiger partial charge in [0, 0.05) is 6.04 Å². The minimum absolute atomic E-state index is 0.193. The van der Waals surface area contributed by atoms with Crippen LogP contribution in [0.5, 0.6) is 0 Å². The molecule has 17 heavy (non-hydrogen) atoms. The van der Waals surface area contributed by atoms with E-state index >= 15 is 0 Å². The van der Waals surface area contributed by atoms with Crippen molar-refractivity contribution in [3.05, 3.63) is 22.6 Å². The van der Waals surface area contributed by atoms with E-state index in [9.17, 15) is 4.79 Å². The zero-order chi connectivity index (χ0) is 12.4. The number of furan rings is 1. The van der Waals surface area contributed by atoms with Gasteiger partial charge in [0.2, 0.25) is 0 Å². The molecule has 1 N–H and O–H groups in total. The Hall–Kier alpha value is -0.810. The lowest BCUT2D eigenvalue weighted by Gasteiger charge is -2.35. The Labute approximate surface area is 109 Å². The lowest BCUT2D eigenvalue weighted by atomic mass is 9.92. The van der Waals surface area contributed by atoms with Crippen LogP contribution in [0.3, 0.4) is 0 Å². The molecule has 2 heterocycles. The van der Waals surface area contributed by atoms with Crippen LogP contribution in [0.2, 0.25) is 0 Å². The first-order valence-corrected chi connectivity index (χ1v) is 6.56. The summed E-state index contributed by atoms with van der Waals surface area (Å²) in [5.41, 5.74) is 0. The highest BCUT2D eigenvalue weighted by molar-refractivity contribution is 9.10. The lowest BCUT2D eigenvalue weighted by Crippen LogP contribution is -2.42. The van der Waals surface area contributed by atoms with Gasteiger partial charge in [0.1, 0.15) is 5.76 Å². The quantitative estimate of drug-likeness (QED) is 0.933. The van der Waals surface area contributed by atoms with E-state index in [0.29, 0.717) is 6.42 Å². The van der Waals surface area contributed by atoms with E-state index in [4.69, 9.17) is 9.52 Å². The topological polar surface area (TPSA) is 53.7 Å². The molecule has 0 aromatic carbocycles. The van der Waals surface area contributed by atoms with Crippen molar-refractivity contribution in [2.24, 2.45) is 5.92 Å². The number of aliphatic carboxylic acids is 1. The Morgan fingerprint density at radius 3 is 3.00 bits per heavy atom. The molecule has 1 aliphatic heterocycles. The predicted molar refractivity (Wildman–Crippen MR) is 66.6 cm³/mol. The molecule has 1 aromatic rings. The summed E-state index contributed by atoms with van der Waals surface area (Å²) in [6, 6.07) is 2.16. The van der Waals surface area contributed by atoms with Crippen LogP contribution in [0, 0.1) is 5.92 Å². The average molecular weight is 302 g/mol. The Morgan fingerprint density at radius 2 is 2.47 bits per heavy atom. The fraction of sp³-hybridized carbons (Fsp3) is 0.583. The SMILES string of the molecule is CC1CC(C(=O)O)CCN1Cc1occc1Br. The van der Waals surface area contributed by atoms with Crippen molar-refractivity contribution in [3.63, 3.8) is 0 Å². The third kappa shape index (κ3) is 2.90. The molecule has 0 radical (unpaired) electrons. The first-order valence-electron chi connectivity index (χ1n) is 5.76. The van der Waals surface area contributed by atoms with Gasteiger partial charge < -0.3 is 9.52 Å². The number of halogens is 1. The smallest absolute Gasteiger partial charge is 0.306 e. The second-order valence-electron chi connectivity index (χ2n) is 4.57. The van der Waals surface area contributed by atoms with Crippen LogP contribution >= 0.6 is 15.9 Å². The summed E-state index contributed by atoms with van der Waals surface area (Å²) >= 11 is 3.43. The molecule has 1 fully saturated rings. The van der Waals surface area contributed by atoms with E-state index in [-0.39, 0.29) is 12.0 Å². The van der Waals surface area contributed by atoms with E-state index in [1.807, 2.05) is 6.07 Å². The van der Waals surface area contributed by atoms with Crippen LogP contribution in [0.15, 0.2) is 21.2 Å². The zero-order valence-corrected chi connectivity index (χ0v) is 11.3. The maximum absolute atomic E-state index is 10.9. The molecule has 0 amide bonds. The normalized spacial score (nSPS) is 26.0. The second-order valence-corrected chi connectivity index (χ2v) is 5.43. The van der Waals surface area contributed by atoms with Crippen LogP contribution in [0.25, 0.3) is 0 Å². The van der Waals surface area contributed by atoms with Gasteiger partial charge in [-0.2, -0.15) is 0 Å². The van der Waals surface area contributed by atoms with Crippen LogP contribution in [0.1, 0.15) is 25.5 Å². The largest absolute Gasteiger partial charge is 0.481 e. The van der Waals surface area contributed by atoms with Crippen molar-refractivity contribution in [1.29, 1.82) is 0 Å². The van der Waals surface area contributed by atoms with Gasteiger partial charge in [0.15, 0.2) is 0 Å². The summed E-state index contributed by atoms with van der Waals surface area (Å²) in [4.78, 5) is 13.2. The first-order chi connectivity index (χ1) is 8.08. The van der Waals surface area contributed by atoms with Gasteiger partial charge in [-0.05, 0) is 48.3 Å². The van der Waals surface area contributed by atoms with Crippen molar-refractivity contribution in [2.45, 2.75) is 32.4 Å². The molecule has 2 unspecified atom stereocenters. The molecule has 1 aliphatic rings. The number of piperidine rings is 1. The van der Waals surface area contributed by atoms with Gasteiger partial charge in [0.05, 0.1) is 23.2 Å². The maximum atomic E-state index is 10.9. The Morgan fingerprint density at radius 1 is 1.71 bits per heavy atom. The van der Waals surface area contributed by atoms with E-state index in [2.05, 4.69) is 27.8 Å². The van der Waals surface area contributed by atoms with Gasteiger partial charge in [-0.3, -0.25) is 9.69 Å². The number of nitrogens with zero attached hydrogens (tertiary/aromatic N) is 1. The van der Waals surface area contributed by atoms with E-state index < -0.39 is 5.97 Å². The minimum Gasteiger partial charge on any atom is -0.481 e. The third-order valence-electron chi connectivity index (χ3n) is 3.40. The highest BCUT2D eigenvalue weighted by Gasteiger charge is 2.30. The highest BCUT2D eigenvalue weighted by atomic mass is 79.9. The van der Waals surface area contributed by atoms with E-state index in [1.165, 1.54) is 0 Å². The van der Waals surface area contributed by atoms with Crippen LogP contribution in [-0.4, -0.2) is 28.6 Å². The standard InChI is InChI=1S/C12H16BrNO3/c1-8-6-9(12(15)16)2-4-14(8)7-11-10(13)3-5-17-11/h3,5,8-9H,2,4,6-7H2,1H3,(H,15,16). The zero-order valence-electron chi connectivity index (χ0n) is 9.73. The fourth-order valence-electron chi connectivity index (χ4n) is 2.30. The van der Waals surface area contributed by atoms with E-state index in [0.717, 1.165) is 29.7 Å². The number of rotatable bonds is 3. The molecule has 5 heteroatoms. The Bertz CT molecular complexity index is 404. The summed E-state index contributed by atoms with van der Waals surface area (Å²) in [7, 11) is 0. The van der Waals surface area contributed by atoms with Gasteiger partial charge >= 0.3 is 5.97 Å². The van der Waals surface area contributed by atoms with Gasteiger partial charge in [-0.25, -0.2) is 0 Å². The second kappa shape index (κ2) is 5.23. The van der Waals surface area contributed by atoms with Gasteiger partial charge in [-0.15, -0.1) is 0 Å². The molecular formula is C12H16BrNO3. The molecule has 1 saturated heterocycles. The number of hydrogen-bond acceptors (Lipinski definition) is 3. The summed E-state index contributed by atoms with van der Waals surface area (Å²) in [5, 5.41) is 9.00. The van der Waals surface area contributed by atoms with Crippen molar-refractivity contribution in [2.75, 3.05) is 6.54 Å². The predicted octanol–water partition coefficient (Wildman–Crippen LogP) is 2.73. The lowest BCUT2D eigenvalue weighted by molar-refractivity contribution is -0.144. The highest BCUT2D eigenvalue weighted by Crippen LogP contribution is 2.27. The summed E-state index contributed by atoms with van der Waals surface area (Å²) < 4.78 is 6.36. The molecule has 4 nitrogen and oxygen atoms in total. The maximum Gasteiger partial charge on any atom is 0.306 e. The van der Waals surface area contributed by atoms with Gasteiger partial charge in [-0.1, -0.05) is 0 Å².